The summed E-state index contributed by atoms with van der Waals surface area (Å²) in [6.45, 7) is 3.30. The van der Waals surface area contributed by atoms with E-state index in [4.69, 9.17) is 16.3 Å². The molecule has 3 heterocycles. The maximum absolute atomic E-state index is 13.7. The summed E-state index contributed by atoms with van der Waals surface area (Å²) in [5.41, 5.74) is 2.59. The number of piperidine rings is 1. The van der Waals surface area contributed by atoms with E-state index in [1.54, 1.807) is 6.20 Å². The highest BCUT2D eigenvalue weighted by atomic mass is 35.5. The fourth-order valence-electron chi connectivity index (χ4n) is 4.75. The fourth-order valence-corrected chi connectivity index (χ4v) is 4.94. The van der Waals surface area contributed by atoms with E-state index in [1.165, 1.54) is 0 Å². The van der Waals surface area contributed by atoms with Crippen molar-refractivity contribution >= 4 is 39.8 Å². The Morgan fingerprint density at radius 2 is 1.93 bits per heavy atom. The van der Waals surface area contributed by atoms with Gasteiger partial charge in [-0.1, -0.05) is 35.9 Å². The summed E-state index contributed by atoms with van der Waals surface area (Å²) >= 11 is 6.13. The van der Waals surface area contributed by atoms with Crippen molar-refractivity contribution in [3.8, 4) is 0 Å². The van der Waals surface area contributed by atoms with Crippen LogP contribution in [0.5, 0.6) is 0 Å². The first kappa shape index (κ1) is 19.3. The van der Waals surface area contributed by atoms with Gasteiger partial charge in [-0.15, -0.1) is 0 Å². The maximum Gasteiger partial charge on any atom is 0.256 e. The monoisotopic (exact) mass is 421 g/mol. The Hall–Kier alpha value is -2.63. The lowest BCUT2D eigenvalue weighted by molar-refractivity contribution is -0.0565. The molecule has 2 atom stereocenters. The Morgan fingerprint density at radius 3 is 2.70 bits per heavy atom. The largest absolute Gasteiger partial charge is 0.377 e. The lowest BCUT2D eigenvalue weighted by Gasteiger charge is -2.45. The van der Waals surface area contributed by atoms with Gasteiger partial charge in [0.15, 0.2) is 0 Å². The van der Waals surface area contributed by atoms with Crippen LogP contribution < -0.4 is 5.32 Å². The minimum absolute atomic E-state index is 0.0640. The fraction of sp³-hybridized carbons (Fsp3) is 0.333. The molecule has 2 bridgehead atoms. The summed E-state index contributed by atoms with van der Waals surface area (Å²) in [5, 5.41) is 5.90. The first-order chi connectivity index (χ1) is 14.6. The van der Waals surface area contributed by atoms with Gasteiger partial charge in [0.05, 0.1) is 30.9 Å². The van der Waals surface area contributed by atoms with Crippen LogP contribution in [0.2, 0.25) is 5.02 Å². The number of nitrogens with zero attached hydrogens (tertiary/aromatic N) is 2. The average Bonchev–Trinajstić information content (AvgIpc) is 2.73. The number of aromatic nitrogens is 1. The predicted molar refractivity (Wildman–Crippen MR) is 120 cm³/mol. The Labute approximate surface area is 181 Å². The molecule has 2 saturated heterocycles. The van der Waals surface area contributed by atoms with Crippen LogP contribution in [0.25, 0.3) is 10.8 Å². The number of amides is 1. The molecule has 30 heavy (non-hydrogen) atoms. The van der Waals surface area contributed by atoms with Crippen LogP contribution in [0.15, 0.2) is 48.7 Å². The maximum atomic E-state index is 13.7. The van der Waals surface area contributed by atoms with Crippen LogP contribution in [0.3, 0.4) is 0 Å². The third kappa shape index (κ3) is 3.42. The number of aryl methyl sites for hydroxylation is 1. The minimum Gasteiger partial charge on any atom is -0.377 e. The van der Waals surface area contributed by atoms with E-state index in [1.807, 2.05) is 49.4 Å². The molecule has 1 N–H and O–H groups in total. The van der Waals surface area contributed by atoms with Gasteiger partial charge in [0.1, 0.15) is 5.82 Å². The molecule has 2 aliphatic rings. The molecule has 0 aliphatic carbocycles. The van der Waals surface area contributed by atoms with Gasteiger partial charge in [-0.2, -0.15) is 0 Å². The van der Waals surface area contributed by atoms with Crippen LogP contribution in [-0.4, -0.2) is 41.1 Å². The molecule has 0 saturated carbocycles. The van der Waals surface area contributed by atoms with E-state index in [2.05, 4.69) is 15.2 Å². The van der Waals surface area contributed by atoms with Crippen molar-refractivity contribution in [2.45, 2.75) is 38.3 Å². The van der Waals surface area contributed by atoms with E-state index in [0.29, 0.717) is 23.8 Å². The number of morpholine rings is 1. The molecule has 2 fully saturated rings. The highest BCUT2D eigenvalue weighted by Gasteiger charge is 2.38. The number of nitrogens with one attached hydrogen (secondary N) is 1. The van der Waals surface area contributed by atoms with Crippen LogP contribution >= 0.6 is 11.6 Å². The number of hydrogen-bond acceptors (Lipinski definition) is 4. The van der Waals surface area contributed by atoms with Crippen molar-refractivity contribution in [3.05, 3.63) is 64.8 Å². The minimum atomic E-state index is 0.0640. The van der Waals surface area contributed by atoms with Gasteiger partial charge in [-0.25, -0.2) is 4.98 Å². The second kappa shape index (κ2) is 7.89. The first-order valence-electron chi connectivity index (χ1n) is 10.4. The average molecular weight is 422 g/mol. The van der Waals surface area contributed by atoms with Crippen molar-refractivity contribution in [1.82, 2.24) is 9.88 Å². The van der Waals surface area contributed by atoms with E-state index in [0.717, 1.165) is 47.1 Å². The molecular weight excluding hydrogens is 398 g/mol. The number of rotatable bonds is 3. The zero-order valence-electron chi connectivity index (χ0n) is 16.9. The molecule has 3 aromatic rings. The number of benzene rings is 2. The second-order valence-corrected chi connectivity index (χ2v) is 8.58. The zero-order chi connectivity index (χ0) is 20.7. The highest BCUT2D eigenvalue weighted by molar-refractivity contribution is 6.30. The van der Waals surface area contributed by atoms with Gasteiger partial charge in [-0.05, 0) is 49.9 Å². The number of anilines is 2. The summed E-state index contributed by atoms with van der Waals surface area (Å²) in [7, 11) is 0. The number of fused-ring (bicyclic) bond motifs is 3. The third-order valence-electron chi connectivity index (χ3n) is 6.15. The van der Waals surface area contributed by atoms with Crippen molar-refractivity contribution in [1.29, 1.82) is 0 Å². The normalized spacial score (nSPS) is 20.9. The number of hydrogen-bond donors (Lipinski definition) is 1. The van der Waals surface area contributed by atoms with Gasteiger partial charge in [0.25, 0.3) is 5.91 Å². The topological polar surface area (TPSA) is 54.5 Å². The Kier molecular flexibility index (Phi) is 5.09. The predicted octanol–water partition coefficient (Wildman–Crippen LogP) is 5.33. The molecule has 0 spiro atoms. The van der Waals surface area contributed by atoms with Crippen LogP contribution in [0.1, 0.15) is 35.2 Å². The summed E-state index contributed by atoms with van der Waals surface area (Å²) in [6, 6.07) is 13.9. The van der Waals surface area contributed by atoms with Crippen molar-refractivity contribution in [2.75, 3.05) is 18.5 Å². The Balaban J connectivity index is 1.57. The van der Waals surface area contributed by atoms with E-state index in [-0.39, 0.29) is 18.0 Å². The molecule has 6 heteroatoms. The molecule has 2 aromatic carbocycles. The summed E-state index contributed by atoms with van der Waals surface area (Å²) in [6.07, 6.45) is 4.88. The van der Waals surface area contributed by atoms with E-state index < -0.39 is 0 Å². The quantitative estimate of drug-likeness (QED) is 0.620. The van der Waals surface area contributed by atoms with Crippen LogP contribution in [0.4, 0.5) is 11.5 Å². The van der Waals surface area contributed by atoms with E-state index in [9.17, 15) is 4.79 Å². The first-order valence-corrected chi connectivity index (χ1v) is 10.8. The van der Waals surface area contributed by atoms with Crippen molar-refractivity contribution < 1.29 is 9.53 Å². The van der Waals surface area contributed by atoms with Gasteiger partial charge < -0.3 is 15.0 Å². The Morgan fingerprint density at radius 1 is 1.17 bits per heavy atom. The third-order valence-corrected chi connectivity index (χ3v) is 6.39. The molecule has 2 unspecified atom stereocenters. The standard InChI is InChI=1S/C24H24ClN3O2/c1-15-5-2-10-20-22(15)21(12-26-23(20)27-17-7-3-6-16(25)11-17)24(29)28-18-8-4-9-19(28)14-30-13-18/h2-3,5-7,10-12,18-19H,4,8-9,13-14H2,1H3,(H,26,27). The number of ether oxygens (including phenoxy) is 1. The number of pyridine rings is 1. The lowest BCUT2D eigenvalue weighted by atomic mass is 9.92. The van der Waals surface area contributed by atoms with Crippen LogP contribution in [0, 0.1) is 6.92 Å². The van der Waals surface area contributed by atoms with E-state index >= 15 is 0 Å². The number of carbonyl (C=O) groups is 1. The summed E-state index contributed by atoms with van der Waals surface area (Å²) < 4.78 is 5.73. The van der Waals surface area contributed by atoms with Gasteiger partial charge >= 0.3 is 0 Å². The molecule has 1 amide bonds. The highest BCUT2D eigenvalue weighted by Crippen LogP contribution is 2.34. The summed E-state index contributed by atoms with van der Waals surface area (Å²) in [4.78, 5) is 20.4. The van der Waals surface area contributed by atoms with Crippen molar-refractivity contribution in [2.24, 2.45) is 0 Å². The summed E-state index contributed by atoms with van der Waals surface area (Å²) in [5.74, 6) is 0.781. The van der Waals surface area contributed by atoms with Gasteiger partial charge in [0, 0.05) is 27.7 Å². The molecule has 5 rings (SSSR count). The second-order valence-electron chi connectivity index (χ2n) is 8.14. The number of halogens is 1. The van der Waals surface area contributed by atoms with Crippen molar-refractivity contribution in [3.63, 3.8) is 0 Å². The lowest BCUT2D eigenvalue weighted by Crippen LogP contribution is -2.57. The molecule has 154 valence electrons. The smallest absolute Gasteiger partial charge is 0.256 e. The van der Waals surface area contributed by atoms with Gasteiger partial charge in [-0.3, -0.25) is 4.79 Å². The van der Waals surface area contributed by atoms with Gasteiger partial charge in [0.2, 0.25) is 0 Å². The molecular formula is C24H24ClN3O2. The Bertz CT molecular complexity index is 1090. The molecule has 0 radical (unpaired) electrons. The molecule has 1 aromatic heterocycles. The zero-order valence-corrected chi connectivity index (χ0v) is 17.7. The van der Waals surface area contributed by atoms with Crippen LogP contribution in [-0.2, 0) is 4.74 Å². The molecule has 5 nitrogen and oxygen atoms in total. The molecule has 2 aliphatic heterocycles. The SMILES string of the molecule is Cc1cccc2c(Nc3cccc(Cl)c3)ncc(C(=O)N3C4CCCC3COC4)c12. The number of carbonyl (C=O) groups excluding carboxylic acids is 1.